The van der Waals surface area contributed by atoms with Crippen molar-refractivity contribution < 1.29 is 14.2 Å². The van der Waals surface area contributed by atoms with Crippen molar-refractivity contribution in [2.24, 2.45) is 0 Å². The van der Waals surface area contributed by atoms with Gasteiger partial charge in [-0.1, -0.05) is 78.9 Å². The molecule has 0 heterocycles. The molecule has 0 saturated heterocycles. The molecule has 5 aromatic rings. The van der Waals surface area contributed by atoms with Gasteiger partial charge in [-0.25, -0.2) is 0 Å². The van der Waals surface area contributed by atoms with Crippen molar-refractivity contribution in [3.63, 3.8) is 0 Å². The van der Waals surface area contributed by atoms with E-state index < -0.39 is 12.5 Å². The predicted molar refractivity (Wildman–Crippen MR) is 143 cm³/mol. The van der Waals surface area contributed by atoms with Crippen molar-refractivity contribution in [3.8, 4) is 22.6 Å². The molecule has 1 atom stereocenters. The van der Waals surface area contributed by atoms with Crippen LogP contribution in [0.15, 0.2) is 103 Å². The minimum atomic E-state index is -3.36. The van der Waals surface area contributed by atoms with E-state index in [0.29, 0.717) is 16.6 Å². The summed E-state index contributed by atoms with van der Waals surface area (Å²) in [7, 11) is -3.36. The topological polar surface area (TPSA) is 46.5 Å². The van der Waals surface area contributed by atoms with Gasteiger partial charge in [0.2, 0.25) is 0 Å². The van der Waals surface area contributed by atoms with E-state index in [9.17, 15) is 9.67 Å². The van der Waals surface area contributed by atoms with Crippen molar-refractivity contribution in [2.45, 2.75) is 25.9 Å². The number of hydrogen-bond acceptors (Lipinski definition) is 3. The van der Waals surface area contributed by atoms with Gasteiger partial charge >= 0.3 is 0 Å². The summed E-state index contributed by atoms with van der Waals surface area (Å²) in [5.41, 5.74) is 1.42. The second-order valence-corrected chi connectivity index (χ2v) is 12.6. The molecule has 0 aromatic heterocycles. The fourth-order valence-corrected chi connectivity index (χ4v) is 6.60. The normalized spacial score (nSPS) is 13.6. The quantitative estimate of drug-likeness (QED) is 0.272. The zero-order valence-electron chi connectivity index (χ0n) is 19.5. The average Bonchev–Trinajstić information content (AvgIpc) is 2.84. The molecule has 170 valence electrons. The Hall–Kier alpha value is -3.55. The van der Waals surface area contributed by atoms with E-state index in [2.05, 4.69) is 0 Å². The summed E-state index contributed by atoms with van der Waals surface area (Å²) < 4.78 is 21.2. The Bertz CT molecular complexity index is 1550. The van der Waals surface area contributed by atoms with Gasteiger partial charge in [0.05, 0.1) is 5.16 Å². The number of phenolic OH excluding ortho intramolecular Hbond substituents is 1. The number of hydrogen-bond donors (Lipinski definition) is 1. The van der Waals surface area contributed by atoms with Crippen LogP contribution in [0.2, 0.25) is 0 Å². The molecular weight excluding hydrogens is 439 g/mol. The maximum absolute atomic E-state index is 14.6. The monoisotopic (exact) mass is 466 g/mol. The highest BCUT2D eigenvalue weighted by atomic mass is 31.2. The van der Waals surface area contributed by atoms with Crippen LogP contribution in [0.1, 0.15) is 20.8 Å². The number of phenols is 1. The van der Waals surface area contributed by atoms with E-state index in [4.69, 9.17) is 4.52 Å². The van der Waals surface area contributed by atoms with Crippen molar-refractivity contribution in [1.29, 1.82) is 0 Å². The Morgan fingerprint density at radius 2 is 1.18 bits per heavy atom. The maximum atomic E-state index is 14.6. The molecule has 1 unspecified atom stereocenters. The van der Waals surface area contributed by atoms with Gasteiger partial charge in [-0.15, -0.1) is 0 Å². The van der Waals surface area contributed by atoms with Crippen molar-refractivity contribution in [3.05, 3.63) is 103 Å². The second-order valence-electron chi connectivity index (χ2n) is 9.49. The van der Waals surface area contributed by atoms with Crippen LogP contribution in [0.25, 0.3) is 32.7 Å². The third-order valence-corrected chi connectivity index (χ3v) is 9.45. The lowest BCUT2D eigenvalue weighted by Crippen LogP contribution is -2.26. The zero-order chi connectivity index (χ0) is 23.9. The Morgan fingerprint density at radius 3 is 1.79 bits per heavy atom. The average molecular weight is 467 g/mol. The van der Waals surface area contributed by atoms with Gasteiger partial charge in [-0.2, -0.15) is 0 Å². The largest absolute Gasteiger partial charge is 0.507 e. The maximum Gasteiger partial charge on any atom is 0.282 e. The van der Waals surface area contributed by atoms with Crippen LogP contribution >= 0.6 is 7.37 Å². The van der Waals surface area contributed by atoms with Gasteiger partial charge in [-0.05, 0) is 66.6 Å². The lowest BCUT2D eigenvalue weighted by Gasteiger charge is -2.32. The molecule has 34 heavy (non-hydrogen) atoms. The number of aromatic hydroxyl groups is 1. The first-order valence-electron chi connectivity index (χ1n) is 11.4. The summed E-state index contributed by atoms with van der Waals surface area (Å²) in [5.74, 6) is 0.651. The highest BCUT2D eigenvalue weighted by Crippen LogP contribution is 2.59. The molecule has 0 spiro atoms. The van der Waals surface area contributed by atoms with Crippen LogP contribution in [0.3, 0.4) is 0 Å². The van der Waals surface area contributed by atoms with Gasteiger partial charge in [0.1, 0.15) is 11.5 Å². The predicted octanol–water partition coefficient (Wildman–Crippen LogP) is 8.15. The van der Waals surface area contributed by atoms with Crippen LogP contribution in [-0.2, 0) is 4.57 Å². The van der Waals surface area contributed by atoms with Crippen molar-refractivity contribution in [2.75, 3.05) is 0 Å². The summed E-state index contributed by atoms with van der Waals surface area (Å²) in [5, 5.41) is 15.0. The molecule has 0 amide bonds. The SMILES string of the molecule is CC(C)(C)P(=O)(Oc1ccc2ccccc2c1-c1c(O)ccc2ccccc12)c1ccccc1. The van der Waals surface area contributed by atoms with Gasteiger partial charge in [0.15, 0.2) is 0 Å². The highest BCUT2D eigenvalue weighted by molar-refractivity contribution is 7.68. The van der Waals surface area contributed by atoms with Gasteiger partial charge in [0, 0.05) is 16.4 Å². The van der Waals surface area contributed by atoms with E-state index in [1.165, 1.54) is 0 Å². The van der Waals surface area contributed by atoms with Crippen LogP contribution < -0.4 is 9.83 Å². The first-order chi connectivity index (χ1) is 16.3. The van der Waals surface area contributed by atoms with E-state index >= 15 is 0 Å². The Balaban J connectivity index is 1.84. The molecule has 0 bridgehead atoms. The summed E-state index contributed by atoms with van der Waals surface area (Å²) in [4.78, 5) is 0. The molecule has 0 fully saturated rings. The second kappa shape index (κ2) is 8.34. The smallest absolute Gasteiger partial charge is 0.282 e. The lowest BCUT2D eigenvalue weighted by atomic mass is 9.92. The minimum Gasteiger partial charge on any atom is -0.507 e. The lowest BCUT2D eigenvalue weighted by molar-refractivity contribution is 0.461. The van der Waals surface area contributed by atoms with Crippen LogP contribution in [0, 0.1) is 0 Å². The van der Waals surface area contributed by atoms with Crippen molar-refractivity contribution >= 4 is 34.2 Å². The molecule has 3 nitrogen and oxygen atoms in total. The summed E-state index contributed by atoms with van der Waals surface area (Å²) in [6.45, 7) is 5.82. The van der Waals surface area contributed by atoms with Gasteiger partial charge < -0.3 is 9.63 Å². The molecule has 5 aromatic carbocycles. The Morgan fingerprint density at radius 1 is 0.647 bits per heavy atom. The molecular formula is C30H27O3P. The molecule has 0 aliphatic carbocycles. The van der Waals surface area contributed by atoms with E-state index in [-0.39, 0.29) is 5.75 Å². The van der Waals surface area contributed by atoms with Gasteiger partial charge in [0.25, 0.3) is 7.37 Å². The van der Waals surface area contributed by atoms with E-state index in [0.717, 1.165) is 27.1 Å². The first-order valence-corrected chi connectivity index (χ1v) is 13.0. The summed E-state index contributed by atoms with van der Waals surface area (Å²) >= 11 is 0. The molecule has 1 N–H and O–H groups in total. The number of rotatable bonds is 4. The van der Waals surface area contributed by atoms with Crippen molar-refractivity contribution in [1.82, 2.24) is 0 Å². The molecule has 0 aliphatic heterocycles. The Labute approximate surface area is 200 Å². The fourth-order valence-electron chi connectivity index (χ4n) is 4.45. The fraction of sp³-hybridized carbons (Fsp3) is 0.133. The zero-order valence-corrected chi connectivity index (χ0v) is 20.4. The van der Waals surface area contributed by atoms with Gasteiger partial charge in [-0.3, -0.25) is 4.57 Å². The summed E-state index contributed by atoms with van der Waals surface area (Å²) in [6.07, 6.45) is 0. The number of benzene rings is 5. The molecule has 0 aliphatic rings. The third-order valence-electron chi connectivity index (χ3n) is 6.25. The highest BCUT2D eigenvalue weighted by Gasteiger charge is 2.41. The van der Waals surface area contributed by atoms with Crippen LogP contribution in [-0.4, -0.2) is 10.3 Å². The number of fused-ring (bicyclic) bond motifs is 2. The molecule has 0 saturated carbocycles. The summed E-state index contributed by atoms with van der Waals surface area (Å²) in [6, 6.07) is 32.8. The first kappa shape index (κ1) is 22.3. The van der Waals surface area contributed by atoms with E-state index in [1.54, 1.807) is 6.07 Å². The third kappa shape index (κ3) is 3.67. The molecule has 4 heteroatoms. The minimum absolute atomic E-state index is 0.158. The Kier molecular flexibility index (Phi) is 5.46. The van der Waals surface area contributed by atoms with Crippen LogP contribution in [0.4, 0.5) is 0 Å². The van der Waals surface area contributed by atoms with Crippen LogP contribution in [0.5, 0.6) is 11.5 Å². The van der Waals surface area contributed by atoms with E-state index in [1.807, 2.05) is 118 Å². The molecule has 0 radical (unpaired) electrons. The standard InChI is InChI=1S/C30H27O3P/c1-30(2,3)34(32,23-13-5-4-6-14-23)33-27-20-18-22-12-8-10-16-25(22)29(27)28-24-15-9-7-11-21(24)17-19-26(28)31/h4-20,31H,1-3H3. The molecule has 5 rings (SSSR count).